The first-order valence-electron chi connectivity index (χ1n) is 12.6. The molecule has 2 fully saturated rings. The number of fused-ring (bicyclic) bond motifs is 1. The fraction of sp³-hybridized carbons (Fsp3) is 0.520. The molecule has 0 bridgehead atoms. The highest BCUT2D eigenvalue weighted by atomic mass is 32.2. The van der Waals surface area contributed by atoms with Gasteiger partial charge in [-0.2, -0.15) is 13.9 Å². The third-order valence-electron chi connectivity index (χ3n) is 7.07. The van der Waals surface area contributed by atoms with Gasteiger partial charge >= 0.3 is 0 Å². The van der Waals surface area contributed by atoms with Crippen molar-refractivity contribution in [3.63, 3.8) is 0 Å². The minimum atomic E-state index is -3.44. The van der Waals surface area contributed by atoms with Crippen molar-refractivity contribution in [2.24, 2.45) is 5.73 Å². The summed E-state index contributed by atoms with van der Waals surface area (Å²) in [7, 11) is -3.44. The molecule has 35 heavy (non-hydrogen) atoms. The maximum absolute atomic E-state index is 12.9. The Morgan fingerprint density at radius 1 is 1.06 bits per heavy atom. The van der Waals surface area contributed by atoms with Crippen LogP contribution in [0.25, 0.3) is 5.65 Å². The van der Waals surface area contributed by atoms with Crippen molar-refractivity contribution >= 4 is 33.0 Å². The predicted molar refractivity (Wildman–Crippen MR) is 139 cm³/mol. The van der Waals surface area contributed by atoms with E-state index in [-0.39, 0.29) is 5.92 Å². The summed E-state index contributed by atoms with van der Waals surface area (Å²) >= 11 is 0. The van der Waals surface area contributed by atoms with Crippen LogP contribution in [0.3, 0.4) is 0 Å². The van der Waals surface area contributed by atoms with Gasteiger partial charge in [0.05, 0.1) is 11.1 Å². The summed E-state index contributed by atoms with van der Waals surface area (Å²) in [6.45, 7) is 5.46. The number of hydrogen-bond acceptors (Lipinski definition) is 7. The Morgan fingerprint density at radius 2 is 1.74 bits per heavy atom. The quantitative estimate of drug-likeness (QED) is 0.450. The molecule has 10 heteroatoms. The van der Waals surface area contributed by atoms with Crippen LogP contribution in [-0.4, -0.2) is 52.5 Å². The van der Waals surface area contributed by atoms with E-state index in [1.807, 2.05) is 16.8 Å². The van der Waals surface area contributed by atoms with Crippen molar-refractivity contribution in [3.8, 4) is 0 Å². The average Bonchev–Trinajstić information content (AvgIpc) is 3.52. The summed E-state index contributed by atoms with van der Waals surface area (Å²) in [6.07, 6.45) is 7.79. The number of nitrogens with zero attached hydrogens (tertiary/aromatic N) is 4. The van der Waals surface area contributed by atoms with Gasteiger partial charge in [0.2, 0.25) is 10.0 Å². The lowest BCUT2D eigenvalue weighted by Crippen LogP contribution is -2.33. The molecule has 188 valence electrons. The largest absolute Gasteiger partial charge is 0.367 e. The molecular formula is C25H35N7O2S. The Balaban J connectivity index is 1.42. The summed E-state index contributed by atoms with van der Waals surface area (Å²) in [5, 5.41) is 11.6. The predicted octanol–water partition coefficient (Wildman–Crippen LogP) is 4.06. The highest BCUT2D eigenvalue weighted by molar-refractivity contribution is 7.89. The highest BCUT2D eigenvalue weighted by Crippen LogP contribution is 2.29. The van der Waals surface area contributed by atoms with Gasteiger partial charge in [0, 0.05) is 42.5 Å². The van der Waals surface area contributed by atoms with Gasteiger partial charge < -0.3 is 16.4 Å². The van der Waals surface area contributed by atoms with Crippen molar-refractivity contribution < 1.29 is 8.42 Å². The van der Waals surface area contributed by atoms with Crippen LogP contribution < -0.4 is 16.4 Å². The summed E-state index contributed by atoms with van der Waals surface area (Å²) in [6, 6.07) is 9.55. The monoisotopic (exact) mass is 497 g/mol. The van der Waals surface area contributed by atoms with E-state index in [0.717, 1.165) is 67.1 Å². The number of hydrogen-bond donors (Lipinski definition) is 3. The number of aromatic nitrogens is 3. The molecule has 9 nitrogen and oxygen atoms in total. The van der Waals surface area contributed by atoms with E-state index in [9.17, 15) is 8.42 Å². The Kier molecular flexibility index (Phi) is 6.69. The highest BCUT2D eigenvalue weighted by Gasteiger charge is 2.27. The van der Waals surface area contributed by atoms with Crippen molar-refractivity contribution in [3.05, 3.63) is 42.1 Å². The molecule has 3 aromatic rings. The second-order valence-electron chi connectivity index (χ2n) is 10.0. The molecule has 5 rings (SSSR count). The van der Waals surface area contributed by atoms with Gasteiger partial charge in [-0.3, -0.25) is 0 Å². The molecule has 2 aromatic heterocycles. The summed E-state index contributed by atoms with van der Waals surface area (Å²) in [4.78, 5) is 5.22. The molecular weight excluding hydrogens is 462 g/mol. The van der Waals surface area contributed by atoms with E-state index in [0.29, 0.717) is 30.1 Å². The first-order chi connectivity index (χ1) is 16.8. The molecule has 2 aliphatic rings. The third-order valence-corrected chi connectivity index (χ3v) is 8.99. The van der Waals surface area contributed by atoms with Gasteiger partial charge in [-0.25, -0.2) is 13.4 Å². The van der Waals surface area contributed by atoms with Crippen molar-refractivity contribution in [1.29, 1.82) is 0 Å². The fourth-order valence-electron chi connectivity index (χ4n) is 4.96. The Hall–Kier alpha value is -2.69. The van der Waals surface area contributed by atoms with Crippen LogP contribution in [0.15, 0.2) is 41.4 Å². The third kappa shape index (κ3) is 5.00. The smallest absolute Gasteiger partial charge is 0.243 e. The molecule has 0 atom stereocenters. The van der Waals surface area contributed by atoms with E-state index in [2.05, 4.69) is 29.6 Å². The zero-order valence-electron chi connectivity index (χ0n) is 20.4. The minimum Gasteiger partial charge on any atom is -0.367 e. The van der Waals surface area contributed by atoms with Gasteiger partial charge in [-0.05, 0) is 68.7 Å². The molecule has 1 saturated carbocycles. The second kappa shape index (κ2) is 9.75. The molecule has 0 amide bonds. The first-order valence-corrected chi connectivity index (χ1v) is 14.0. The number of sulfonamides is 1. The van der Waals surface area contributed by atoms with E-state index in [1.165, 1.54) is 0 Å². The van der Waals surface area contributed by atoms with Crippen LogP contribution in [0.5, 0.6) is 0 Å². The number of nitrogens with one attached hydrogen (secondary N) is 2. The second-order valence-corrected chi connectivity index (χ2v) is 12.0. The molecule has 0 radical (unpaired) electrons. The topological polar surface area (TPSA) is 118 Å². The molecule has 1 aliphatic heterocycles. The van der Waals surface area contributed by atoms with Crippen molar-refractivity contribution in [2.75, 3.05) is 23.7 Å². The number of anilines is 3. The van der Waals surface area contributed by atoms with Gasteiger partial charge in [-0.15, -0.1) is 0 Å². The van der Waals surface area contributed by atoms with Crippen molar-refractivity contribution in [2.45, 2.75) is 75.3 Å². The van der Waals surface area contributed by atoms with Gasteiger partial charge in [0.15, 0.2) is 5.65 Å². The van der Waals surface area contributed by atoms with E-state index < -0.39 is 10.0 Å². The molecule has 3 heterocycles. The SMILES string of the molecule is CC(C)c1cnn2c(Nc3ccc(S(=O)(=O)N4CCCC4)cc3)cc(NC3CCC(N)CC3)nc12. The fourth-order valence-corrected chi connectivity index (χ4v) is 6.48. The van der Waals surface area contributed by atoms with Gasteiger partial charge in [-0.1, -0.05) is 13.8 Å². The maximum atomic E-state index is 12.9. The molecule has 1 aromatic carbocycles. The zero-order valence-corrected chi connectivity index (χ0v) is 21.3. The Labute approximate surface area is 207 Å². The lowest BCUT2D eigenvalue weighted by Gasteiger charge is -2.27. The van der Waals surface area contributed by atoms with E-state index >= 15 is 0 Å². The van der Waals surface area contributed by atoms with Gasteiger partial charge in [0.1, 0.15) is 11.6 Å². The van der Waals surface area contributed by atoms with Crippen LogP contribution in [0, 0.1) is 0 Å². The molecule has 4 N–H and O–H groups in total. The molecule has 1 aliphatic carbocycles. The zero-order chi connectivity index (χ0) is 24.6. The van der Waals surface area contributed by atoms with Crippen LogP contribution in [0.1, 0.15) is 63.9 Å². The van der Waals surface area contributed by atoms with Crippen molar-refractivity contribution in [1.82, 2.24) is 18.9 Å². The normalized spacial score (nSPS) is 21.6. The van der Waals surface area contributed by atoms with Crippen LogP contribution in [0.4, 0.5) is 17.3 Å². The van der Waals surface area contributed by atoms with E-state index in [1.54, 1.807) is 28.6 Å². The van der Waals surface area contributed by atoms with E-state index in [4.69, 9.17) is 10.7 Å². The first kappa shape index (κ1) is 24.0. The molecule has 1 saturated heterocycles. The van der Waals surface area contributed by atoms with Gasteiger partial charge in [0.25, 0.3) is 0 Å². The van der Waals surface area contributed by atoms with Crippen LogP contribution in [0.2, 0.25) is 0 Å². The Morgan fingerprint density at radius 3 is 2.40 bits per heavy atom. The number of benzene rings is 1. The Bertz CT molecular complexity index is 1270. The maximum Gasteiger partial charge on any atom is 0.243 e. The summed E-state index contributed by atoms with van der Waals surface area (Å²) in [5.74, 6) is 1.86. The summed E-state index contributed by atoms with van der Waals surface area (Å²) in [5.41, 5.74) is 8.76. The molecule has 0 spiro atoms. The lowest BCUT2D eigenvalue weighted by molar-refractivity contribution is 0.410. The summed E-state index contributed by atoms with van der Waals surface area (Å²) < 4.78 is 29.1. The lowest BCUT2D eigenvalue weighted by atomic mass is 9.92. The minimum absolute atomic E-state index is 0.283. The standard InChI is InChI=1S/C25H35N7O2S/c1-17(2)22-16-27-32-24(15-23(30-25(22)32)28-19-7-5-18(26)6-8-19)29-20-9-11-21(12-10-20)35(33,34)31-13-3-4-14-31/h9-12,15-19,29H,3-8,13-14,26H2,1-2H3,(H,28,30). The number of rotatable bonds is 7. The number of nitrogens with two attached hydrogens (primary N) is 1. The van der Waals surface area contributed by atoms with Crippen LogP contribution >= 0.6 is 0 Å². The van der Waals surface area contributed by atoms with Crippen LogP contribution in [-0.2, 0) is 10.0 Å². The molecule has 0 unspecified atom stereocenters. The average molecular weight is 498 g/mol.